The number of rotatable bonds is 8. The molecule has 0 spiro atoms. The first-order valence-corrected chi connectivity index (χ1v) is 9.64. The Morgan fingerprint density at radius 2 is 1.88 bits per heavy atom. The van der Waals surface area contributed by atoms with Crippen LogP contribution in [0, 0.1) is 11.3 Å². The smallest absolute Gasteiger partial charge is 0.238 e. The van der Waals surface area contributed by atoms with Crippen LogP contribution in [0.4, 0.5) is 5.69 Å². The van der Waals surface area contributed by atoms with E-state index < -0.39 is 0 Å². The van der Waals surface area contributed by atoms with Crippen molar-refractivity contribution in [2.24, 2.45) is 0 Å². The first-order chi connectivity index (χ1) is 12.5. The van der Waals surface area contributed by atoms with Gasteiger partial charge in [0, 0.05) is 11.4 Å². The van der Waals surface area contributed by atoms with Gasteiger partial charge < -0.3 is 5.32 Å². The molecule has 2 rings (SSSR count). The lowest BCUT2D eigenvalue weighted by atomic mass is 10.0. The number of hydrogen-bond donors (Lipinski definition) is 1. The summed E-state index contributed by atoms with van der Waals surface area (Å²) in [6.07, 6.45) is 0. The molecule has 2 aromatic rings. The fraction of sp³-hybridized carbons (Fsp3) is 0.333. The van der Waals surface area contributed by atoms with Crippen LogP contribution in [-0.2, 0) is 11.3 Å². The molecule has 0 bridgehead atoms. The normalized spacial score (nSPS) is 10.8. The van der Waals surface area contributed by atoms with Crippen molar-refractivity contribution in [3.05, 3.63) is 59.7 Å². The van der Waals surface area contributed by atoms with E-state index in [1.54, 1.807) is 0 Å². The molecule has 4 nitrogen and oxygen atoms in total. The number of likely N-dealkylation sites (N-methyl/N-ethyl adjacent to an activating group) is 1. The van der Waals surface area contributed by atoms with Gasteiger partial charge in [-0.25, -0.2) is 0 Å². The zero-order chi connectivity index (χ0) is 18.9. The maximum absolute atomic E-state index is 12.4. The highest BCUT2D eigenvalue weighted by Crippen LogP contribution is 2.26. The van der Waals surface area contributed by atoms with E-state index in [2.05, 4.69) is 49.5 Å². The Hall–Kier alpha value is -2.29. The standard InChI is InChI=1S/C21H25N3OS/c1-16(2)18-10-8-17(9-11-18)14-24(3)15-21(25)23-19-6-4-5-7-20(19)26-13-12-22/h4-11,16H,13-15H2,1-3H3,(H,23,25). The van der Waals surface area contributed by atoms with E-state index in [1.807, 2.05) is 36.2 Å². The third-order valence-electron chi connectivity index (χ3n) is 3.97. The van der Waals surface area contributed by atoms with E-state index in [9.17, 15) is 4.79 Å². The fourth-order valence-corrected chi connectivity index (χ4v) is 3.29. The second-order valence-corrected chi connectivity index (χ2v) is 7.58. The number of thioether (sulfide) groups is 1. The Labute approximate surface area is 160 Å². The molecule has 0 aliphatic heterocycles. The lowest BCUT2D eigenvalue weighted by Gasteiger charge is -2.17. The summed E-state index contributed by atoms with van der Waals surface area (Å²) in [5, 5.41) is 11.7. The minimum absolute atomic E-state index is 0.0590. The summed E-state index contributed by atoms with van der Waals surface area (Å²) in [6, 6.07) is 18.2. The lowest BCUT2D eigenvalue weighted by molar-refractivity contribution is -0.117. The zero-order valence-corrected chi connectivity index (χ0v) is 16.3. The maximum atomic E-state index is 12.4. The highest BCUT2D eigenvalue weighted by molar-refractivity contribution is 7.99. The van der Waals surface area contributed by atoms with Crippen LogP contribution < -0.4 is 5.32 Å². The van der Waals surface area contributed by atoms with E-state index >= 15 is 0 Å². The van der Waals surface area contributed by atoms with Gasteiger partial charge in [0.2, 0.25) is 5.91 Å². The van der Waals surface area contributed by atoms with Gasteiger partial charge in [-0.15, -0.1) is 11.8 Å². The second-order valence-electron chi connectivity index (χ2n) is 6.56. The first kappa shape index (κ1) is 20.0. The Bertz CT molecular complexity index is 766. The summed E-state index contributed by atoms with van der Waals surface area (Å²) in [5.74, 6) is 0.821. The number of hydrogen-bond acceptors (Lipinski definition) is 4. The number of anilines is 1. The molecule has 0 fully saturated rings. The molecule has 136 valence electrons. The number of carbonyl (C=O) groups is 1. The summed E-state index contributed by atoms with van der Waals surface area (Å²) >= 11 is 1.42. The number of nitrogens with one attached hydrogen (secondary N) is 1. The molecule has 0 aromatic heterocycles. The van der Waals surface area contributed by atoms with Crippen LogP contribution in [0.2, 0.25) is 0 Å². The van der Waals surface area contributed by atoms with Crippen LogP contribution in [0.15, 0.2) is 53.4 Å². The summed E-state index contributed by atoms with van der Waals surface area (Å²) in [6.45, 7) is 5.39. The van der Waals surface area contributed by atoms with Crippen molar-refractivity contribution in [2.45, 2.75) is 31.2 Å². The van der Waals surface area contributed by atoms with Crippen molar-refractivity contribution >= 4 is 23.4 Å². The van der Waals surface area contributed by atoms with Gasteiger partial charge in [0.05, 0.1) is 24.1 Å². The minimum atomic E-state index is -0.0590. The molecule has 0 aliphatic carbocycles. The van der Waals surface area contributed by atoms with E-state index in [1.165, 1.54) is 22.9 Å². The van der Waals surface area contributed by atoms with Gasteiger partial charge in [0.15, 0.2) is 0 Å². The predicted octanol–water partition coefficient (Wildman–Crippen LogP) is 4.50. The Kier molecular flexibility index (Phi) is 7.71. The highest BCUT2D eigenvalue weighted by atomic mass is 32.2. The van der Waals surface area contributed by atoms with Crippen molar-refractivity contribution in [3.63, 3.8) is 0 Å². The Morgan fingerprint density at radius 3 is 2.54 bits per heavy atom. The number of benzene rings is 2. The molecule has 5 heteroatoms. The molecule has 0 saturated heterocycles. The zero-order valence-electron chi connectivity index (χ0n) is 15.5. The second kappa shape index (κ2) is 10.0. The van der Waals surface area contributed by atoms with Gasteiger partial charge in [0.1, 0.15) is 0 Å². The molecule has 0 atom stereocenters. The molecule has 2 aromatic carbocycles. The van der Waals surface area contributed by atoms with Crippen LogP contribution in [0.5, 0.6) is 0 Å². The third-order valence-corrected chi connectivity index (χ3v) is 4.91. The molecule has 0 unspecified atom stereocenters. The van der Waals surface area contributed by atoms with Crippen molar-refractivity contribution in [2.75, 3.05) is 24.7 Å². The van der Waals surface area contributed by atoms with Gasteiger partial charge in [-0.05, 0) is 36.2 Å². The monoisotopic (exact) mass is 367 g/mol. The van der Waals surface area contributed by atoms with Crippen LogP contribution in [0.25, 0.3) is 0 Å². The van der Waals surface area contributed by atoms with Gasteiger partial charge in [-0.2, -0.15) is 5.26 Å². The topological polar surface area (TPSA) is 56.1 Å². The van der Waals surface area contributed by atoms with Gasteiger partial charge in [-0.1, -0.05) is 50.2 Å². The Morgan fingerprint density at radius 1 is 1.19 bits per heavy atom. The largest absolute Gasteiger partial charge is 0.324 e. The fourth-order valence-electron chi connectivity index (χ4n) is 2.62. The van der Waals surface area contributed by atoms with Crippen molar-refractivity contribution in [1.29, 1.82) is 5.26 Å². The van der Waals surface area contributed by atoms with Gasteiger partial charge in [-0.3, -0.25) is 9.69 Å². The summed E-state index contributed by atoms with van der Waals surface area (Å²) in [5.41, 5.74) is 3.27. The molecule has 26 heavy (non-hydrogen) atoms. The number of amides is 1. The molecule has 0 saturated carbocycles. The quantitative estimate of drug-likeness (QED) is 0.698. The van der Waals surface area contributed by atoms with Crippen LogP contribution in [0.1, 0.15) is 30.9 Å². The average molecular weight is 368 g/mol. The van der Waals surface area contributed by atoms with Crippen molar-refractivity contribution in [1.82, 2.24) is 4.90 Å². The summed E-state index contributed by atoms with van der Waals surface area (Å²) in [7, 11) is 1.94. The molecule has 1 amide bonds. The number of carbonyl (C=O) groups excluding carboxylic acids is 1. The maximum Gasteiger partial charge on any atom is 0.238 e. The predicted molar refractivity (Wildman–Crippen MR) is 108 cm³/mol. The number of nitrogens with zero attached hydrogens (tertiary/aromatic N) is 2. The van der Waals surface area contributed by atoms with E-state index in [-0.39, 0.29) is 5.91 Å². The summed E-state index contributed by atoms with van der Waals surface area (Å²) < 4.78 is 0. The van der Waals surface area contributed by atoms with Gasteiger partial charge in [0.25, 0.3) is 0 Å². The molecule has 0 heterocycles. The van der Waals surface area contributed by atoms with E-state index in [0.29, 0.717) is 18.2 Å². The van der Waals surface area contributed by atoms with E-state index in [4.69, 9.17) is 5.26 Å². The molecule has 0 radical (unpaired) electrons. The first-order valence-electron chi connectivity index (χ1n) is 8.65. The van der Waals surface area contributed by atoms with Crippen LogP contribution in [-0.4, -0.2) is 30.2 Å². The molecule has 0 aliphatic rings. The van der Waals surface area contributed by atoms with Crippen LogP contribution in [0.3, 0.4) is 0 Å². The summed E-state index contributed by atoms with van der Waals surface area (Å²) in [4.78, 5) is 15.3. The molecular weight excluding hydrogens is 342 g/mol. The molecule has 1 N–H and O–H groups in total. The van der Waals surface area contributed by atoms with Crippen molar-refractivity contribution in [3.8, 4) is 6.07 Å². The average Bonchev–Trinajstić information content (AvgIpc) is 2.61. The van der Waals surface area contributed by atoms with E-state index in [0.717, 1.165) is 17.1 Å². The Balaban J connectivity index is 1.90. The third kappa shape index (κ3) is 6.21. The minimum Gasteiger partial charge on any atom is -0.324 e. The van der Waals surface area contributed by atoms with Crippen LogP contribution >= 0.6 is 11.8 Å². The SMILES string of the molecule is CC(C)c1ccc(CN(C)CC(=O)Nc2ccccc2SCC#N)cc1. The van der Waals surface area contributed by atoms with Gasteiger partial charge >= 0.3 is 0 Å². The number of para-hydroxylation sites is 1. The lowest BCUT2D eigenvalue weighted by Crippen LogP contribution is -2.30. The molecular formula is C21H25N3OS. The van der Waals surface area contributed by atoms with Crippen molar-refractivity contribution < 1.29 is 4.79 Å². The highest BCUT2D eigenvalue weighted by Gasteiger charge is 2.10. The number of nitriles is 1.